The van der Waals surface area contributed by atoms with Gasteiger partial charge >= 0.3 is 12.2 Å². The van der Waals surface area contributed by atoms with Gasteiger partial charge in [0.25, 0.3) is 0 Å². The monoisotopic (exact) mass is 921 g/mol. The van der Waals surface area contributed by atoms with Crippen LogP contribution in [-0.2, 0) is 41.9 Å². The molecule has 2 aromatic rings. The second-order valence-corrected chi connectivity index (χ2v) is 18.0. The molecule has 0 saturated carbocycles. The summed E-state index contributed by atoms with van der Waals surface area (Å²) in [5, 5.41) is 17.4. The zero-order valence-corrected chi connectivity index (χ0v) is 41.4. The first-order valence-electron chi connectivity index (χ1n) is 24.9. The number of amides is 6. The first-order valence-corrected chi connectivity index (χ1v) is 24.9. The quantitative estimate of drug-likeness (QED) is 0.0382. The second-order valence-electron chi connectivity index (χ2n) is 18.0. The van der Waals surface area contributed by atoms with E-state index < -0.39 is 48.2 Å². The maximum absolute atomic E-state index is 13.5. The third kappa shape index (κ3) is 22.4. The molecule has 6 N–H and O–H groups in total. The minimum absolute atomic E-state index is 0.0918. The summed E-state index contributed by atoms with van der Waals surface area (Å²) in [7, 11) is 0. The van der Waals surface area contributed by atoms with Crippen LogP contribution in [0.25, 0.3) is 0 Å². The predicted octanol–water partition coefficient (Wildman–Crippen LogP) is 8.86. The summed E-state index contributed by atoms with van der Waals surface area (Å²) in [6.07, 6.45) is 11.7. The highest BCUT2D eigenvalue weighted by molar-refractivity contribution is 5.92. The van der Waals surface area contributed by atoms with Gasteiger partial charge in [0.15, 0.2) is 0 Å². The van der Waals surface area contributed by atoms with E-state index in [0.29, 0.717) is 38.8 Å². The lowest BCUT2D eigenvalue weighted by molar-refractivity contribution is -0.131. The van der Waals surface area contributed by atoms with Crippen molar-refractivity contribution in [3.8, 4) is 0 Å². The molecule has 14 nitrogen and oxygen atoms in total. The summed E-state index contributed by atoms with van der Waals surface area (Å²) in [5.41, 5.74) is 1.69. The molecule has 0 aliphatic carbocycles. The number of carbonyl (C=O) groups is 6. The van der Waals surface area contributed by atoms with Crippen molar-refractivity contribution in [2.75, 3.05) is 13.1 Å². The highest BCUT2D eigenvalue weighted by atomic mass is 16.6. The van der Waals surface area contributed by atoms with Gasteiger partial charge in [0.1, 0.15) is 37.4 Å². The van der Waals surface area contributed by atoms with Gasteiger partial charge in [-0.25, -0.2) is 9.59 Å². The number of ether oxygens (including phenoxy) is 2. The van der Waals surface area contributed by atoms with Gasteiger partial charge in [-0.3, -0.25) is 19.2 Å². The summed E-state index contributed by atoms with van der Waals surface area (Å²) in [4.78, 5) is 78.9. The minimum Gasteiger partial charge on any atom is -0.445 e. The molecule has 14 heteroatoms. The van der Waals surface area contributed by atoms with Crippen LogP contribution in [0.5, 0.6) is 0 Å². The molecule has 2 aromatic carbocycles. The molecule has 0 fully saturated rings. The predicted molar refractivity (Wildman–Crippen MR) is 261 cm³/mol. The first-order chi connectivity index (χ1) is 31.8. The average Bonchev–Trinajstić information content (AvgIpc) is 3.33. The van der Waals surface area contributed by atoms with Gasteiger partial charge in [0.2, 0.25) is 23.6 Å². The van der Waals surface area contributed by atoms with Crippen LogP contribution in [0, 0.1) is 23.7 Å². The van der Waals surface area contributed by atoms with E-state index in [4.69, 9.17) is 9.47 Å². The number of nitrogens with one attached hydrogen (secondary N) is 6. The van der Waals surface area contributed by atoms with Crippen molar-refractivity contribution in [2.24, 2.45) is 23.7 Å². The Labute approximate surface area is 396 Å². The van der Waals surface area contributed by atoms with Gasteiger partial charge in [0.05, 0.1) is 0 Å². The summed E-state index contributed by atoms with van der Waals surface area (Å²) < 4.78 is 10.7. The van der Waals surface area contributed by atoms with Crippen LogP contribution in [0.1, 0.15) is 156 Å². The largest absolute Gasteiger partial charge is 0.445 e. The summed E-state index contributed by atoms with van der Waals surface area (Å²) in [6, 6.07) is 15.5. The van der Waals surface area contributed by atoms with Crippen LogP contribution >= 0.6 is 0 Å². The Kier molecular flexibility index (Phi) is 28.8. The number of rotatable bonds is 33. The van der Waals surface area contributed by atoms with E-state index in [-0.39, 0.29) is 48.7 Å². The van der Waals surface area contributed by atoms with Gasteiger partial charge in [-0.15, -0.1) is 0 Å². The highest BCUT2D eigenvalue weighted by Crippen LogP contribution is 2.16. The third-order valence-corrected chi connectivity index (χ3v) is 12.8. The van der Waals surface area contributed by atoms with Gasteiger partial charge in [-0.1, -0.05) is 193 Å². The lowest BCUT2D eigenvalue weighted by Crippen LogP contribution is -2.57. The van der Waals surface area contributed by atoms with Gasteiger partial charge in [-0.2, -0.15) is 0 Å². The number of hydrogen-bond acceptors (Lipinski definition) is 8. The number of alkyl carbamates (subject to hydrolysis) is 2. The Balaban J connectivity index is 1.65. The van der Waals surface area contributed by atoms with E-state index in [1.54, 1.807) is 0 Å². The van der Waals surface area contributed by atoms with E-state index >= 15 is 0 Å². The number of benzene rings is 2. The second kappa shape index (κ2) is 33.3. The Morgan fingerprint density at radius 2 is 0.667 bits per heavy atom. The normalized spacial score (nSPS) is 14.7. The van der Waals surface area contributed by atoms with Crippen molar-refractivity contribution in [3.63, 3.8) is 0 Å². The van der Waals surface area contributed by atoms with Crippen LogP contribution in [0.3, 0.4) is 0 Å². The fourth-order valence-electron chi connectivity index (χ4n) is 7.38. The van der Waals surface area contributed by atoms with Crippen LogP contribution in [0.2, 0.25) is 0 Å². The summed E-state index contributed by atoms with van der Waals surface area (Å²) >= 11 is 0. The number of carbonyl (C=O) groups excluding carboxylic acids is 6. The SMILES string of the molecule is CC[C@H](C)[C@H](NC(=O)OCc1ccccc1)C(=O)N[C@H](C(=O)NCCCCCCCCCCCCNC(=O)[C@@H](NC(=O)[C@@H](NC(=O)OCc1ccccc1)[C@@H](C)CC)[C@@H](C)CC)[C@@H](C)CC. The van der Waals surface area contributed by atoms with Crippen molar-refractivity contribution in [3.05, 3.63) is 71.8 Å². The maximum atomic E-state index is 13.5. The molecular weight excluding hydrogens is 837 g/mol. The molecule has 0 bridgehead atoms. The standard InChI is InChI=1S/C52H84N6O8/c1-9-37(5)43(55-49(61)45(39(7)11-3)57-51(63)65-35-41-29-23-21-24-30-41)47(59)53-33-27-19-17-15-13-14-16-18-20-28-34-54-48(60)44(38(6)10-2)56-50(62)46(40(8)12-4)58-52(64)66-36-42-31-25-22-26-32-42/h21-26,29-32,37-40,43-46H,9-20,27-28,33-36H2,1-8H3,(H,53,59)(H,54,60)(H,55,61)(H,56,62)(H,57,63)(H,58,64)/t37-,38-,39-,40-,43-,44-,45-,46-/m0/s1. The smallest absolute Gasteiger partial charge is 0.408 e. The Bertz CT molecular complexity index is 1570. The molecule has 0 saturated heterocycles. The Hall–Kier alpha value is -5.14. The topological polar surface area (TPSA) is 193 Å². The van der Waals surface area contributed by atoms with E-state index in [1.165, 1.54) is 0 Å². The molecule has 0 aliphatic rings. The van der Waals surface area contributed by atoms with E-state index in [0.717, 1.165) is 75.3 Å². The van der Waals surface area contributed by atoms with Crippen molar-refractivity contribution >= 4 is 35.8 Å². The first kappa shape index (κ1) is 57.0. The Morgan fingerprint density at radius 3 is 0.955 bits per heavy atom. The molecule has 6 amide bonds. The third-order valence-electron chi connectivity index (χ3n) is 12.8. The zero-order chi connectivity index (χ0) is 48.7. The van der Waals surface area contributed by atoms with E-state index in [1.807, 2.05) is 116 Å². The summed E-state index contributed by atoms with van der Waals surface area (Å²) in [6.45, 7) is 16.8. The molecule has 370 valence electrons. The molecule has 0 radical (unpaired) electrons. The number of unbranched alkanes of at least 4 members (excludes halogenated alkanes) is 9. The molecule has 2 rings (SSSR count). The molecule has 0 unspecified atom stereocenters. The molecule has 0 aromatic heterocycles. The molecule has 0 aliphatic heterocycles. The average molecular weight is 921 g/mol. The summed E-state index contributed by atoms with van der Waals surface area (Å²) in [5.74, 6) is -1.76. The van der Waals surface area contributed by atoms with Gasteiger partial charge in [-0.05, 0) is 47.6 Å². The Morgan fingerprint density at radius 1 is 0.394 bits per heavy atom. The fraction of sp³-hybridized carbons (Fsp3) is 0.654. The van der Waals surface area contributed by atoms with E-state index in [2.05, 4.69) is 31.9 Å². The van der Waals surface area contributed by atoms with Crippen LogP contribution in [-0.4, -0.2) is 73.1 Å². The molecule has 0 spiro atoms. The van der Waals surface area contributed by atoms with E-state index in [9.17, 15) is 28.8 Å². The van der Waals surface area contributed by atoms with Crippen molar-refractivity contribution in [2.45, 2.75) is 183 Å². The van der Waals surface area contributed by atoms with Crippen LogP contribution in [0.15, 0.2) is 60.7 Å². The molecular formula is C52H84N6O8. The lowest BCUT2D eigenvalue weighted by atomic mass is 9.95. The van der Waals surface area contributed by atoms with Crippen molar-refractivity contribution in [1.29, 1.82) is 0 Å². The van der Waals surface area contributed by atoms with Gasteiger partial charge in [0, 0.05) is 13.1 Å². The fourth-order valence-corrected chi connectivity index (χ4v) is 7.38. The maximum Gasteiger partial charge on any atom is 0.408 e. The molecule has 66 heavy (non-hydrogen) atoms. The van der Waals surface area contributed by atoms with Gasteiger partial charge < -0.3 is 41.4 Å². The van der Waals surface area contributed by atoms with Crippen molar-refractivity contribution in [1.82, 2.24) is 31.9 Å². The van der Waals surface area contributed by atoms with Crippen LogP contribution < -0.4 is 31.9 Å². The number of hydrogen-bond donors (Lipinski definition) is 6. The highest BCUT2D eigenvalue weighted by Gasteiger charge is 2.34. The van der Waals surface area contributed by atoms with Crippen molar-refractivity contribution < 1.29 is 38.2 Å². The molecule has 0 heterocycles. The lowest BCUT2D eigenvalue weighted by Gasteiger charge is -2.28. The van der Waals surface area contributed by atoms with Crippen LogP contribution in [0.4, 0.5) is 9.59 Å². The molecule has 8 atom stereocenters. The zero-order valence-electron chi connectivity index (χ0n) is 41.4. The minimum atomic E-state index is -0.842.